The number of anilines is 1. The summed E-state index contributed by atoms with van der Waals surface area (Å²) in [6.07, 6.45) is 0. The number of rotatable bonds is 1. The summed E-state index contributed by atoms with van der Waals surface area (Å²) in [5.41, 5.74) is 0.849. The Kier molecular flexibility index (Phi) is 4.22. The SMILES string of the molecule is CC1CN(C(=O)Nc2ccc(I)cc2)CCN1. The van der Waals surface area contributed by atoms with E-state index in [0.29, 0.717) is 6.04 Å². The van der Waals surface area contributed by atoms with Crippen LogP contribution in [0, 0.1) is 3.57 Å². The van der Waals surface area contributed by atoms with Crippen LogP contribution in [0.1, 0.15) is 6.92 Å². The van der Waals surface area contributed by atoms with Crippen LogP contribution < -0.4 is 10.6 Å². The van der Waals surface area contributed by atoms with E-state index in [4.69, 9.17) is 0 Å². The van der Waals surface area contributed by atoms with Gasteiger partial charge in [-0.15, -0.1) is 0 Å². The van der Waals surface area contributed by atoms with Gasteiger partial charge in [0.15, 0.2) is 0 Å². The maximum absolute atomic E-state index is 12.0. The highest BCUT2D eigenvalue weighted by molar-refractivity contribution is 14.1. The zero-order valence-electron chi connectivity index (χ0n) is 9.74. The van der Waals surface area contributed by atoms with Gasteiger partial charge in [-0.2, -0.15) is 0 Å². The topological polar surface area (TPSA) is 44.4 Å². The van der Waals surface area contributed by atoms with Crippen molar-refractivity contribution in [2.45, 2.75) is 13.0 Å². The Bertz CT molecular complexity index is 393. The van der Waals surface area contributed by atoms with Gasteiger partial charge in [0.2, 0.25) is 0 Å². The van der Waals surface area contributed by atoms with E-state index in [1.54, 1.807) is 0 Å². The lowest BCUT2D eigenvalue weighted by molar-refractivity contribution is 0.192. The van der Waals surface area contributed by atoms with E-state index in [1.807, 2.05) is 29.2 Å². The molecule has 0 spiro atoms. The lowest BCUT2D eigenvalue weighted by Gasteiger charge is -2.31. The quantitative estimate of drug-likeness (QED) is 0.766. The molecule has 0 aliphatic carbocycles. The van der Waals surface area contributed by atoms with E-state index < -0.39 is 0 Å². The van der Waals surface area contributed by atoms with Gasteiger partial charge in [-0.05, 0) is 53.8 Å². The van der Waals surface area contributed by atoms with Crippen LogP contribution in [-0.4, -0.2) is 36.6 Å². The first-order chi connectivity index (χ1) is 8.15. The second-order valence-electron chi connectivity index (χ2n) is 4.24. The van der Waals surface area contributed by atoms with Gasteiger partial charge in [0.25, 0.3) is 0 Å². The van der Waals surface area contributed by atoms with E-state index in [0.717, 1.165) is 28.9 Å². The molecule has 1 heterocycles. The zero-order chi connectivity index (χ0) is 12.3. The van der Waals surface area contributed by atoms with Crippen LogP contribution in [0.3, 0.4) is 0 Å². The molecule has 1 aliphatic heterocycles. The standard InChI is InChI=1S/C12H16IN3O/c1-9-8-16(7-6-14-9)12(17)15-11-4-2-10(13)3-5-11/h2-5,9,14H,6-8H2,1H3,(H,15,17). The van der Waals surface area contributed by atoms with Crippen molar-refractivity contribution in [1.29, 1.82) is 0 Å². The molecule has 92 valence electrons. The number of benzene rings is 1. The third-order valence-corrected chi connectivity index (χ3v) is 3.47. The average Bonchev–Trinajstić information content (AvgIpc) is 2.32. The van der Waals surface area contributed by atoms with Gasteiger partial charge in [-0.3, -0.25) is 0 Å². The first kappa shape index (κ1) is 12.6. The predicted octanol–water partition coefficient (Wildman–Crippen LogP) is 2.12. The molecular weight excluding hydrogens is 329 g/mol. The van der Waals surface area contributed by atoms with Crippen molar-refractivity contribution in [2.24, 2.45) is 0 Å². The molecule has 1 aromatic carbocycles. The van der Waals surface area contributed by atoms with Gasteiger partial charge in [0, 0.05) is 34.9 Å². The monoisotopic (exact) mass is 345 g/mol. The summed E-state index contributed by atoms with van der Waals surface area (Å²) in [6, 6.07) is 8.16. The number of amides is 2. The van der Waals surface area contributed by atoms with Gasteiger partial charge in [0.1, 0.15) is 0 Å². The van der Waals surface area contributed by atoms with Crippen molar-refractivity contribution in [3.05, 3.63) is 27.8 Å². The van der Waals surface area contributed by atoms with E-state index in [-0.39, 0.29) is 6.03 Å². The molecule has 1 fully saturated rings. The van der Waals surface area contributed by atoms with E-state index >= 15 is 0 Å². The third-order valence-electron chi connectivity index (χ3n) is 2.75. The minimum atomic E-state index is -0.0143. The third kappa shape index (κ3) is 3.57. The van der Waals surface area contributed by atoms with Crippen LogP contribution in [0.25, 0.3) is 0 Å². The fourth-order valence-electron chi connectivity index (χ4n) is 1.85. The van der Waals surface area contributed by atoms with Crippen LogP contribution in [0.4, 0.5) is 10.5 Å². The van der Waals surface area contributed by atoms with E-state index in [9.17, 15) is 4.79 Å². The highest BCUT2D eigenvalue weighted by atomic mass is 127. The lowest BCUT2D eigenvalue weighted by Crippen LogP contribution is -2.52. The summed E-state index contributed by atoms with van der Waals surface area (Å²) in [5.74, 6) is 0. The van der Waals surface area contributed by atoms with Crippen molar-refractivity contribution in [1.82, 2.24) is 10.2 Å². The van der Waals surface area contributed by atoms with Crippen LogP contribution in [0.15, 0.2) is 24.3 Å². The van der Waals surface area contributed by atoms with Gasteiger partial charge in [-0.25, -0.2) is 4.79 Å². The van der Waals surface area contributed by atoms with Crippen LogP contribution in [0.2, 0.25) is 0 Å². The lowest BCUT2D eigenvalue weighted by atomic mass is 10.2. The summed E-state index contributed by atoms with van der Waals surface area (Å²) in [4.78, 5) is 13.8. The largest absolute Gasteiger partial charge is 0.322 e. The summed E-state index contributed by atoms with van der Waals surface area (Å²) >= 11 is 2.24. The molecule has 17 heavy (non-hydrogen) atoms. The maximum atomic E-state index is 12.0. The van der Waals surface area contributed by atoms with Gasteiger partial charge in [0.05, 0.1) is 0 Å². The Balaban J connectivity index is 1.94. The van der Waals surface area contributed by atoms with Crippen molar-refractivity contribution in [2.75, 3.05) is 25.0 Å². The number of urea groups is 1. The summed E-state index contributed by atoms with van der Waals surface area (Å²) in [5, 5.41) is 6.23. The Morgan fingerprint density at radius 3 is 2.82 bits per heavy atom. The Morgan fingerprint density at radius 1 is 1.47 bits per heavy atom. The van der Waals surface area contributed by atoms with E-state index in [2.05, 4.69) is 40.1 Å². The zero-order valence-corrected chi connectivity index (χ0v) is 11.9. The number of halogens is 1. The fraction of sp³-hybridized carbons (Fsp3) is 0.417. The first-order valence-electron chi connectivity index (χ1n) is 5.70. The molecule has 1 unspecified atom stereocenters. The Labute approximate surface area is 115 Å². The number of piperazine rings is 1. The summed E-state index contributed by atoms with van der Waals surface area (Å²) in [6.45, 7) is 4.47. The molecule has 1 atom stereocenters. The second kappa shape index (κ2) is 5.68. The van der Waals surface area contributed by atoms with Gasteiger partial charge < -0.3 is 15.5 Å². The minimum Gasteiger partial charge on any atom is -0.322 e. The smallest absolute Gasteiger partial charge is 0.321 e. The molecule has 2 rings (SSSR count). The predicted molar refractivity (Wildman–Crippen MR) is 77.2 cm³/mol. The molecule has 1 aliphatic rings. The average molecular weight is 345 g/mol. The first-order valence-corrected chi connectivity index (χ1v) is 6.78. The maximum Gasteiger partial charge on any atom is 0.321 e. The molecule has 0 saturated carbocycles. The van der Waals surface area contributed by atoms with Crippen LogP contribution in [-0.2, 0) is 0 Å². The van der Waals surface area contributed by atoms with Crippen molar-refractivity contribution in [3.8, 4) is 0 Å². The summed E-state index contributed by atoms with van der Waals surface area (Å²) in [7, 11) is 0. The Hall–Kier alpha value is -0.820. The molecule has 5 heteroatoms. The van der Waals surface area contributed by atoms with Gasteiger partial charge >= 0.3 is 6.03 Å². The number of nitrogens with zero attached hydrogens (tertiary/aromatic N) is 1. The van der Waals surface area contributed by atoms with Crippen molar-refractivity contribution < 1.29 is 4.79 Å². The molecule has 0 bridgehead atoms. The van der Waals surface area contributed by atoms with E-state index in [1.165, 1.54) is 0 Å². The number of hydrogen-bond donors (Lipinski definition) is 2. The molecule has 0 radical (unpaired) electrons. The molecule has 2 amide bonds. The number of carbonyl (C=O) groups is 1. The van der Waals surface area contributed by atoms with Crippen molar-refractivity contribution >= 4 is 34.3 Å². The molecule has 0 aromatic heterocycles. The molecule has 4 nitrogen and oxygen atoms in total. The number of carbonyl (C=O) groups excluding carboxylic acids is 1. The van der Waals surface area contributed by atoms with Crippen molar-refractivity contribution in [3.63, 3.8) is 0 Å². The highest BCUT2D eigenvalue weighted by Crippen LogP contribution is 2.12. The highest BCUT2D eigenvalue weighted by Gasteiger charge is 2.20. The fourth-order valence-corrected chi connectivity index (χ4v) is 2.21. The summed E-state index contributed by atoms with van der Waals surface area (Å²) < 4.78 is 1.16. The normalized spacial score (nSPS) is 20.1. The second-order valence-corrected chi connectivity index (χ2v) is 5.48. The molecule has 1 aromatic rings. The number of nitrogens with one attached hydrogen (secondary N) is 2. The number of hydrogen-bond acceptors (Lipinski definition) is 2. The van der Waals surface area contributed by atoms with Crippen LogP contribution >= 0.6 is 22.6 Å². The molecular formula is C12H16IN3O. The van der Waals surface area contributed by atoms with Gasteiger partial charge in [-0.1, -0.05) is 0 Å². The van der Waals surface area contributed by atoms with Crippen LogP contribution in [0.5, 0.6) is 0 Å². The minimum absolute atomic E-state index is 0.0143. The molecule has 1 saturated heterocycles. The Morgan fingerprint density at radius 2 is 2.18 bits per heavy atom. The molecule has 2 N–H and O–H groups in total.